The van der Waals surface area contributed by atoms with Gasteiger partial charge in [-0.05, 0) is 12.8 Å². The lowest BCUT2D eigenvalue weighted by Gasteiger charge is -2.27. The quantitative estimate of drug-likeness (QED) is 0.516. The van der Waals surface area contributed by atoms with Gasteiger partial charge in [0, 0.05) is 0 Å². The van der Waals surface area contributed by atoms with Crippen LogP contribution in [0, 0.1) is 0 Å². The first-order chi connectivity index (χ1) is 8.29. The maximum atomic E-state index is 9.04. The summed E-state index contributed by atoms with van der Waals surface area (Å²) in [7, 11) is 0. The third-order valence-electron chi connectivity index (χ3n) is 2.96. The van der Waals surface area contributed by atoms with Gasteiger partial charge in [-0.15, -0.1) is 5.10 Å². The Bertz CT molecular complexity index is 406. The highest BCUT2D eigenvalue weighted by atomic mass is 16.5. The number of aliphatic hydroxyl groups excluding tert-OH is 1. The van der Waals surface area contributed by atoms with Crippen LogP contribution in [0.25, 0.3) is 0 Å². The van der Waals surface area contributed by atoms with Gasteiger partial charge in [0.05, 0.1) is 18.9 Å². The molecule has 4 N–H and O–H groups in total. The number of rotatable bonds is 2. The van der Waals surface area contributed by atoms with Gasteiger partial charge >= 0.3 is 0 Å². The van der Waals surface area contributed by atoms with E-state index in [0.717, 1.165) is 18.5 Å². The maximum absolute atomic E-state index is 9.04. The highest BCUT2D eigenvalue weighted by Gasteiger charge is 2.37. The number of nitrogens with zero attached hydrogens (tertiary/aromatic N) is 4. The molecule has 0 spiro atoms. The van der Waals surface area contributed by atoms with Crippen LogP contribution >= 0.6 is 0 Å². The highest BCUT2D eigenvalue weighted by molar-refractivity contribution is 6.05. The number of hydrogen-bond donors (Lipinski definition) is 3. The minimum Gasteiger partial charge on any atom is -0.394 e. The predicted molar refractivity (Wildman–Crippen MR) is 60.0 cm³/mol. The summed E-state index contributed by atoms with van der Waals surface area (Å²) >= 11 is 0. The Labute approximate surface area is 98.0 Å². The SMILES string of the molecule is NN1C=NC=C2C1=NNN2[C@H]1CC[C@@H](CO)O1. The van der Waals surface area contributed by atoms with Gasteiger partial charge in [0.1, 0.15) is 12.0 Å². The van der Waals surface area contributed by atoms with Crippen molar-refractivity contribution in [1.82, 2.24) is 15.6 Å². The number of ether oxygens (including phenoxy) is 1. The Balaban J connectivity index is 1.75. The molecule has 1 fully saturated rings. The summed E-state index contributed by atoms with van der Waals surface area (Å²) in [5, 5.41) is 16.3. The first-order valence-electron chi connectivity index (χ1n) is 5.46. The lowest BCUT2D eigenvalue weighted by molar-refractivity contribution is -0.0672. The van der Waals surface area contributed by atoms with Crippen LogP contribution in [0.2, 0.25) is 0 Å². The van der Waals surface area contributed by atoms with E-state index in [0.29, 0.717) is 5.84 Å². The number of nitrogens with one attached hydrogen (secondary N) is 1. The van der Waals surface area contributed by atoms with Crippen molar-refractivity contribution < 1.29 is 9.84 Å². The number of hydrazine groups is 2. The topological polar surface area (TPSA) is 98.7 Å². The first-order valence-corrected chi connectivity index (χ1v) is 5.46. The molecule has 3 aliphatic rings. The number of fused-ring (bicyclic) bond motifs is 1. The summed E-state index contributed by atoms with van der Waals surface area (Å²) in [4.78, 5) is 4.01. The standard InChI is InChI=1S/C9H14N6O2/c10-14-5-11-3-7-9(14)12-13-15(7)8-2-1-6(4-16)17-8/h3,5-6,8,13,16H,1-2,4,10H2/t6-,8+/m0/s1. The fraction of sp³-hybridized carbons (Fsp3) is 0.556. The van der Waals surface area contributed by atoms with Gasteiger partial charge in [-0.25, -0.2) is 26.4 Å². The Morgan fingerprint density at radius 1 is 1.59 bits per heavy atom. The summed E-state index contributed by atoms with van der Waals surface area (Å²) in [6.07, 6.45) is 4.57. The van der Waals surface area contributed by atoms with E-state index in [4.69, 9.17) is 15.7 Å². The van der Waals surface area contributed by atoms with Crippen LogP contribution in [0.3, 0.4) is 0 Å². The summed E-state index contributed by atoms with van der Waals surface area (Å²) in [5.41, 5.74) is 3.64. The van der Waals surface area contributed by atoms with Crippen LogP contribution in [0.5, 0.6) is 0 Å². The van der Waals surface area contributed by atoms with Crippen LogP contribution in [0.1, 0.15) is 12.8 Å². The lowest BCUT2D eigenvalue weighted by atomic mass is 10.2. The van der Waals surface area contributed by atoms with E-state index in [9.17, 15) is 0 Å². The van der Waals surface area contributed by atoms with Crippen LogP contribution in [0.4, 0.5) is 0 Å². The second kappa shape index (κ2) is 3.99. The summed E-state index contributed by atoms with van der Waals surface area (Å²) in [6.45, 7) is 0.0399. The number of aliphatic imine (C=N–C) groups is 1. The van der Waals surface area contributed by atoms with Crippen molar-refractivity contribution in [3.63, 3.8) is 0 Å². The van der Waals surface area contributed by atoms with Crippen LogP contribution < -0.4 is 11.4 Å². The second-order valence-corrected chi connectivity index (χ2v) is 4.06. The van der Waals surface area contributed by atoms with Gasteiger partial charge in [0.2, 0.25) is 0 Å². The minimum atomic E-state index is -0.152. The summed E-state index contributed by atoms with van der Waals surface area (Å²) in [5.74, 6) is 6.31. The van der Waals surface area contributed by atoms with Crippen LogP contribution in [0.15, 0.2) is 22.0 Å². The molecule has 0 aromatic carbocycles. The fourth-order valence-electron chi connectivity index (χ4n) is 2.09. The van der Waals surface area contributed by atoms with Crippen LogP contribution in [-0.4, -0.2) is 46.2 Å². The van der Waals surface area contributed by atoms with Crippen molar-refractivity contribution in [3.05, 3.63) is 11.9 Å². The van der Waals surface area contributed by atoms with Crippen LogP contribution in [-0.2, 0) is 4.74 Å². The molecule has 8 heteroatoms. The third kappa shape index (κ3) is 1.66. The Morgan fingerprint density at radius 3 is 3.24 bits per heavy atom. The molecule has 1 saturated heterocycles. The summed E-state index contributed by atoms with van der Waals surface area (Å²) < 4.78 is 5.67. The average Bonchev–Trinajstić information content (AvgIpc) is 2.94. The van der Waals surface area contributed by atoms with Gasteiger partial charge in [-0.2, -0.15) is 0 Å². The normalized spacial score (nSPS) is 31.2. The molecule has 0 unspecified atom stereocenters. The van der Waals surface area contributed by atoms with E-state index in [1.165, 1.54) is 11.3 Å². The van der Waals surface area contributed by atoms with E-state index in [-0.39, 0.29) is 18.9 Å². The van der Waals surface area contributed by atoms with Gasteiger partial charge < -0.3 is 9.84 Å². The molecule has 2 atom stereocenters. The molecule has 3 heterocycles. The zero-order chi connectivity index (χ0) is 11.8. The molecule has 8 nitrogen and oxygen atoms in total. The van der Waals surface area contributed by atoms with E-state index >= 15 is 0 Å². The number of hydrazone groups is 1. The number of aliphatic hydroxyl groups is 1. The summed E-state index contributed by atoms with van der Waals surface area (Å²) in [6, 6.07) is 0. The van der Waals surface area contributed by atoms with E-state index in [1.54, 1.807) is 11.2 Å². The molecule has 0 aromatic rings. The molecule has 0 radical (unpaired) electrons. The molecule has 0 amide bonds. The lowest BCUT2D eigenvalue weighted by Crippen LogP contribution is -2.44. The monoisotopic (exact) mass is 238 g/mol. The average molecular weight is 238 g/mol. The van der Waals surface area contributed by atoms with E-state index in [2.05, 4.69) is 15.6 Å². The molecular formula is C9H14N6O2. The Kier molecular flexibility index (Phi) is 2.46. The Morgan fingerprint density at radius 2 is 2.47 bits per heavy atom. The molecule has 92 valence electrons. The van der Waals surface area contributed by atoms with Crippen molar-refractivity contribution in [1.29, 1.82) is 0 Å². The molecule has 3 rings (SSSR count). The van der Waals surface area contributed by atoms with Gasteiger partial charge in [-0.3, -0.25) is 0 Å². The zero-order valence-corrected chi connectivity index (χ0v) is 9.15. The minimum absolute atomic E-state index is 0.0399. The predicted octanol–water partition coefficient (Wildman–Crippen LogP) is -1.32. The molecular weight excluding hydrogens is 224 g/mol. The number of amidine groups is 1. The Hall–Kier alpha value is -1.64. The van der Waals surface area contributed by atoms with Crippen molar-refractivity contribution in [2.45, 2.75) is 25.2 Å². The maximum Gasteiger partial charge on any atom is 0.197 e. The smallest absolute Gasteiger partial charge is 0.197 e. The zero-order valence-electron chi connectivity index (χ0n) is 9.15. The number of nitrogens with two attached hydrogens (primary N) is 1. The van der Waals surface area contributed by atoms with Gasteiger partial charge in [-0.1, -0.05) is 0 Å². The van der Waals surface area contributed by atoms with Gasteiger partial charge in [0.15, 0.2) is 12.1 Å². The second-order valence-electron chi connectivity index (χ2n) is 4.06. The molecule has 17 heavy (non-hydrogen) atoms. The largest absolute Gasteiger partial charge is 0.394 e. The molecule has 0 bridgehead atoms. The van der Waals surface area contributed by atoms with Crippen molar-refractivity contribution >= 4 is 12.2 Å². The van der Waals surface area contributed by atoms with Crippen molar-refractivity contribution in [3.8, 4) is 0 Å². The molecule has 0 aliphatic carbocycles. The third-order valence-corrected chi connectivity index (χ3v) is 2.96. The fourth-order valence-corrected chi connectivity index (χ4v) is 2.09. The molecule has 3 aliphatic heterocycles. The molecule has 0 aromatic heterocycles. The highest BCUT2D eigenvalue weighted by Crippen LogP contribution is 2.27. The van der Waals surface area contributed by atoms with E-state index in [1.807, 2.05) is 0 Å². The van der Waals surface area contributed by atoms with Gasteiger partial charge in [0.25, 0.3) is 0 Å². The van der Waals surface area contributed by atoms with Crippen molar-refractivity contribution in [2.24, 2.45) is 15.9 Å². The first kappa shape index (κ1) is 10.5. The number of hydrogen-bond acceptors (Lipinski definition) is 8. The molecule has 0 saturated carbocycles. The van der Waals surface area contributed by atoms with E-state index < -0.39 is 0 Å². The van der Waals surface area contributed by atoms with Crippen molar-refractivity contribution in [2.75, 3.05) is 6.61 Å².